The van der Waals surface area contributed by atoms with Gasteiger partial charge >= 0.3 is 5.97 Å². The summed E-state index contributed by atoms with van der Waals surface area (Å²) in [5.74, 6) is -0.325. The quantitative estimate of drug-likeness (QED) is 0.560. The topological polar surface area (TPSA) is 37.0 Å². The third-order valence-corrected chi connectivity index (χ3v) is 1.34. The first-order valence-corrected chi connectivity index (χ1v) is 3.46. The average molecular weight is 150 g/mol. The van der Waals surface area contributed by atoms with Crippen molar-refractivity contribution in [3.8, 4) is 0 Å². The van der Waals surface area contributed by atoms with Gasteiger partial charge in [-0.05, 0) is 12.3 Å². The summed E-state index contributed by atoms with van der Waals surface area (Å²) in [4.78, 5) is 9.93. The second-order valence-corrected chi connectivity index (χ2v) is 2.54. The zero-order chi connectivity index (χ0) is 7.28. The van der Waals surface area contributed by atoms with E-state index in [2.05, 4.69) is 0 Å². The number of alkyl halides is 1. The van der Waals surface area contributed by atoms with E-state index < -0.39 is 5.97 Å². The maximum atomic E-state index is 9.93. The smallest absolute Gasteiger partial charge is 0.247 e. The first kappa shape index (κ1) is 8.76. The second-order valence-electron chi connectivity index (χ2n) is 2.16. The van der Waals surface area contributed by atoms with Gasteiger partial charge in [0, 0.05) is 5.88 Å². The molecule has 0 bridgehead atoms. The lowest BCUT2D eigenvalue weighted by molar-refractivity contribution is -0.144. The Bertz CT molecular complexity index is 93.1. The Morgan fingerprint density at radius 3 is 2.56 bits per heavy atom. The van der Waals surface area contributed by atoms with Crippen LogP contribution in [0, 0.1) is 5.92 Å². The molecule has 0 aliphatic rings. The molecule has 0 aromatic carbocycles. The standard InChI is InChI=1S/C6H10ClO2/c1-5(2-3-7)4-6(8)9/h5H,2-4H2,1H3. The molecule has 0 rings (SSSR count). The van der Waals surface area contributed by atoms with Crippen LogP contribution in [-0.4, -0.2) is 11.8 Å². The molecule has 53 valence electrons. The van der Waals surface area contributed by atoms with E-state index in [1.54, 1.807) is 0 Å². The molecule has 0 heterocycles. The van der Waals surface area contributed by atoms with E-state index in [1.165, 1.54) is 0 Å². The molecule has 0 N–H and O–H groups in total. The summed E-state index contributed by atoms with van der Waals surface area (Å²) in [6.45, 7) is 1.85. The number of carbonyl (C=O) groups excluding carboxylic acids is 1. The van der Waals surface area contributed by atoms with Gasteiger partial charge in [-0.15, -0.1) is 11.6 Å². The van der Waals surface area contributed by atoms with Gasteiger partial charge in [0.25, 0.3) is 0 Å². The number of carbonyl (C=O) groups is 1. The van der Waals surface area contributed by atoms with Crippen molar-refractivity contribution in [3.05, 3.63) is 0 Å². The van der Waals surface area contributed by atoms with Crippen molar-refractivity contribution in [1.29, 1.82) is 0 Å². The van der Waals surface area contributed by atoms with Crippen molar-refractivity contribution in [2.24, 2.45) is 5.92 Å². The maximum absolute atomic E-state index is 9.93. The highest BCUT2D eigenvalue weighted by molar-refractivity contribution is 6.17. The predicted octanol–water partition coefficient (Wildman–Crippen LogP) is 1.60. The van der Waals surface area contributed by atoms with Crippen LogP contribution in [0.5, 0.6) is 0 Å². The van der Waals surface area contributed by atoms with E-state index in [1.807, 2.05) is 6.92 Å². The molecule has 1 unspecified atom stereocenters. The van der Waals surface area contributed by atoms with Crippen LogP contribution in [0.3, 0.4) is 0 Å². The lowest BCUT2D eigenvalue weighted by atomic mass is 10.1. The number of halogens is 1. The zero-order valence-electron chi connectivity index (χ0n) is 5.39. The molecule has 0 aromatic heterocycles. The van der Waals surface area contributed by atoms with Gasteiger partial charge in [-0.2, -0.15) is 0 Å². The average Bonchev–Trinajstić information content (AvgIpc) is 1.63. The molecule has 0 aliphatic carbocycles. The van der Waals surface area contributed by atoms with E-state index in [4.69, 9.17) is 11.6 Å². The molecule has 0 saturated heterocycles. The van der Waals surface area contributed by atoms with Crippen LogP contribution < -0.4 is 0 Å². The first-order chi connectivity index (χ1) is 4.16. The summed E-state index contributed by atoms with van der Waals surface area (Å²) in [5.41, 5.74) is 0. The van der Waals surface area contributed by atoms with Gasteiger partial charge < -0.3 is 0 Å². The molecule has 0 saturated carbocycles. The highest BCUT2D eigenvalue weighted by atomic mass is 35.5. The molecular weight excluding hydrogens is 140 g/mol. The minimum Gasteiger partial charge on any atom is -0.247 e. The fraction of sp³-hybridized carbons (Fsp3) is 0.833. The number of hydrogen-bond donors (Lipinski definition) is 0. The van der Waals surface area contributed by atoms with Gasteiger partial charge in [0.05, 0.1) is 6.42 Å². The van der Waals surface area contributed by atoms with E-state index in [0.717, 1.165) is 6.42 Å². The third-order valence-electron chi connectivity index (χ3n) is 1.12. The molecule has 0 aromatic rings. The Balaban J connectivity index is 3.26. The lowest BCUT2D eigenvalue weighted by Gasteiger charge is -2.01. The molecule has 0 aliphatic heterocycles. The van der Waals surface area contributed by atoms with Crippen LogP contribution in [-0.2, 0) is 9.90 Å². The number of hydrogen-bond acceptors (Lipinski definition) is 1. The van der Waals surface area contributed by atoms with Gasteiger partial charge in [-0.25, -0.2) is 9.90 Å². The Morgan fingerprint density at radius 1 is 1.67 bits per heavy atom. The maximum Gasteiger partial charge on any atom is 0.355 e. The summed E-state index contributed by atoms with van der Waals surface area (Å²) in [7, 11) is 0. The molecule has 0 spiro atoms. The van der Waals surface area contributed by atoms with Crippen molar-refractivity contribution < 1.29 is 9.90 Å². The van der Waals surface area contributed by atoms with Crippen LogP contribution in [0.2, 0.25) is 0 Å². The van der Waals surface area contributed by atoms with Gasteiger partial charge in [-0.3, -0.25) is 0 Å². The van der Waals surface area contributed by atoms with Crippen LogP contribution in [0.4, 0.5) is 0 Å². The van der Waals surface area contributed by atoms with Crippen molar-refractivity contribution in [2.45, 2.75) is 19.8 Å². The molecular formula is C6H10ClO2. The molecule has 1 atom stereocenters. The van der Waals surface area contributed by atoms with E-state index in [-0.39, 0.29) is 12.3 Å². The van der Waals surface area contributed by atoms with Gasteiger partial charge in [-0.1, -0.05) is 6.92 Å². The summed E-state index contributed by atoms with van der Waals surface area (Å²) in [6.07, 6.45) is 0.863. The molecule has 0 amide bonds. The Morgan fingerprint density at radius 2 is 2.22 bits per heavy atom. The first-order valence-electron chi connectivity index (χ1n) is 2.92. The fourth-order valence-electron chi connectivity index (χ4n) is 0.573. The minimum absolute atomic E-state index is 0.118. The highest BCUT2D eigenvalue weighted by Crippen LogP contribution is 2.07. The molecule has 3 heteroatoms. The monoisotopic (exact) mass is 149 g/mol. The van der Waals surface area contributed by atoms with Crippen molar-refractivity contribution in [1.82, 2.24) is 0 Å². The van der Waals surface area contributed by atoms with Gasteiger partial charge in [0.15, 0.2) is 0 Å². The molecule has 2 nitrogen and oxygen atoms in total. The van der Waals surface area contributed by atoms with Crippen LogP contribution in [0.25, 0.3) is 0 Å². The third kappa shape index (κ3) is 5.63. The van der Waals surface area contributed by atoms with Crippen LogP contribution in [0.15, 0.2) is 0 Å². The Labute approximate surface area is 59.8 Å². The van der Waals surface area contributed by atoms with E-state index in [9.17, 15) is 9.90 Å². The van der Waals surface area contributed by atoms with Gasteiger partial charge in [0.1, 0.15) is 0 Å². The highest BCUT2D eigenvalue weighted by Gasteiger charge is 2.07. The lowest BCUT2D eigenvalue weighted by Crippen LogP contribution is -2.02. The minimum atomic E-state index is -0.993. The summed E-state index contributed by atoms with van der Waals surface area (Å²) >= 11 is 5.37. The number of rotatable bonds is 4. The van der Waals surface area contributed by atoms with Crippen LogP contribution in [0.1, 0.15) is 19.8 Å². The SMILES string of the molecule is CC(CCCl)CC([O])=O. The van der Waals surface area contributed by atoms with Crippen molar-refractivity contribution in [3.63, 3.8) is 0 Å². The fourth-order valence-corrected chi connectivity index (χ4v) is 0.945. The largest absolute Gasteiger partial charge is 0.355 e. The van der Waals surface area contributed by atoms with E-state index in [0.29, 0.717) is 5.88 Å². The van der Waals surface area contributed by atoms with Crippen molar-refractivity contribution in [2.75, 3.05) is 5.88 Å². The predicted molar refractivity (Wildman–Crippen MR) is 34.8 cm³/mol. The second kappa shape index (κ2) is 4.62. The molecule has 0 fully saturated rings. The molecule has 1 radical (unpaired) electrons. The Kier molecular flexibility index (Phi) is 4.50. The van der Waals surface area contributed by atoms with Gasteiger partial charge in [0.2, 0.25) is 0 Å². The Hall–Kier alpha value is -0.240. The van der Waals surface area contributed by atoms with E-state index >= 15 is 0 Å². The summed E-state index contributed by atoms with van der Waals surface area (Å²) in [6, 6.07) is 0. The molecule has 9 heavy (non-hydrogen) atoms. The normalized spacial score (nSPS) is 13.1. The zero-order valence-corrected chi connectivity index (χ0v) is 6.15. The van der Waals surface area contributed by atoms with Crippen molar-refractivity contribution >= 4 is 17.6 Å². The summed E-state index contributed by atoms with van der Waals surface area (Å²) in [5, 5.41) is 9.93. The van der Waals surface area contributed by atoms with Crippen LogP contribution >= 0.6 is 11.6 Å². The summed E-state index contributed by atoms with van der Waals surface area (Å²) < 4.78 is 0.